The zero-order chi connectivity index (χ0) is 12.7. The van der Waals surface area contributed by atoms with Crippen LogP contribution in [-0.2, 0) is 4.79 Å². The third kappa shape index (κ3) is 2.10. The average Bonchev–Trinajstić information content (AvgIpc) is 2.93. The second kappa shape index (κ2) is 4.52. The predicted octanol–water partition coefficient (Wildman–Crippen LogP) is 3.92. The van der Waals surface area contributed by atoms with E-state index < -0.39 is 5.97 Å². The number of carbonyl (C=O) groups is 1. The van der Waals surface area contributed by atoms with Gasteiger partial charge in [0.1, 0.15) is 0 Å². The Labute approximate surface area is 113 Å². The van der Waals surface area contributed by atoms with Gasteiger partial charge in [0.05, 0.1) is 21.1 Å². The first-order chi connectivity index (χ1) is 8.63. The highest BCUT2D eigenvalue weighted by atomic mass is 35.5. The molecule has 0 spiro atoms. The van der Waals surface area contributed by atoms with Crippen LogP contribution in [0.3, 0.4) is 0 Å². The summed E-state index contributed by atoms with van der Waals surface area (Å²) in [7, 11) is 0. The molecule has 1 saturated carbocycles. The van der Waals surface area contributed by atoms with Crippen LogP contribution in [0.1, 0.15) is 30.2 Å². The van der Waals surface area contributed by atoms with Gasteiger partial charge in [-0.1, -0.05) is 11.6 Å². The standard InChI is InChI=1S/C13H12ClNO2S/c14-9-3-4-10-11(6-9)18-12(15-10)7-1-2-8(5-7)13(16)17/h3-4,6-8H,1-2,5H2,(H,16,17). The van der Waals surface area contributed by atoms with Crippen molar-refractivity contribution in [3.8, 4) is 0 Å². The normalized spacial score (nSPS) is 23.6. The Bertz CT molecular complexity index is 610. The number of rotatable bonds is 2. The molecule has 1 aliphatic carbocycles. The lowest BCUT2D eigenvalue weighted by Crippen LogP contribution is -2.09. The summed E-state index contributed by atoms with van der Waals surface area (Å²) in [6, 6.07) is 5.67. The van der Waals surface area contributed by atoms with E-state index in [1.165, 1.54) is 0 Å². The molecule has 0 saturated heterocycles. The molecular weight excluding hydrogens is 270 g/mol. The Balaban J connectivity index is 1.89. The van der Waals surface area contributed by atoms with Gasteiger partial charge in [-0.2, -0.15) is 0 Å². The number of hydrogen-bond acceptors (Lipinski definition) is 3. The van der Waals surface area contributed by atoms with Crippen molar-refractivity contribution in [2.75, 3.05) is 0 Å². The molecule has 1 aliphatic rings. The van der Waals surface area contributed by atoms with Crippen molar-refractivity contribution >= 4 is 39.1 Å². The van der Waals surface area contributed by atoms with Gasteiger partial charge in [0.2, 0.25) is 0 Å². The SMILES string of the molecule is O=C(O)C1CCC(c2nc3ccc(Cl)cc3s2)C1. The van der Waals surface area contributed by atoms with E-state index in [1.807, 2.05) is 18.2 Å². The summed E-state index contributed by atoms with van der Waals surface area (Å²) in [6.45, 7) is 0. The highest BCUT2D eigenvalue weighted by molar-refractivity contribution is 7.18. The topological polar surface area (TPSA) is 50.2 Å². The second-order valence-corrected chi connectivity index (χ2v) is 6.21. The Kier molecular flexibility index (Phi) is 2.99. The molecule has 0 amide bonds. The number of aliphatic carboxylic acids is 1. The maximum absolute atomic E-state index is 11.0. The third-order valence-corrected chi connectivity index (χ3v) is 4.91. The van der Waals surface area contributed by atoms with Crippen LogP contribution in [0.5, 0.6) is 0 Å². The number of carboxylic acid groups (broad SMARTS) is 1. The van der Waals surface area contributed by atoms with E-state index >= 15 is 0 Å². The van der Waals surface area contributed by atoms with Crippen LogP contribution in [0.15, 0.2) is 18.2 Å². The van der Waals surface area contributed by atoms with Crippen LogP contribution in [0, 0.1) is 5.92 Å². The molecule has 0 bridgehead atoms. The number of benzene rings is 1. The summed E-state index contributed by atoms with van der Waals surface area (Å²) in [6.07, 6.45) is 2.39. The quantitative estimate of drug-likeness (QED) is 0.908. The molecule has 1 fully saturated rings. The molecule has 3 rings (SSSR count). The van der Waals surface area contributed by atoms with E-state index in [-0.39, 0.29) is 5.92 Å². The summed E-state index contributed by atoms with van der Waals surface area (Å²) in [5, 5.41) is 10.8. The third-order valence-electron chi connectivity index (χ3n) is 3.50. The number of hydrogen-bond donors (Lipinski definition) is 1. The molecule has 1 aromatic heterocycles. The molecule has 1 heterocycles. The number of nitrogens with zero attached hydrogens (tertiary/aromatic N) is 1. The highest BCUT2D eigenvalue weighted by Crippen LogP contribution is 2.41. The van der Waals surface area contributed by atoms with Gasteiger partial charge < -0.3 is 5.11 Å². The second-order valence-electron chi connectivity index (χ2n) is 4.71. The fourth-order valence-corrected chi connectivity index (χ4v) is 3.91. The minimum Gasteiger partial charge on any atom is -0.481 e. The van der Waals surface area contributed by atoms with Gasteiger partial charge in [0, 0.05) is 10.9 Å². The van der Waals surface area contributed by atoms with Gasteiger partial charge in [-0.15, -0.1) is 11.3 Å². The van der Waals surface area contributed by atoms with E-state index in [0.717, 1.165) is 28.1 Å². The Morgan fingerprint density at radius 2 is 2.28 bits per heavy atom. The maximum atomic E-state index is 11.0. The Morgan fingerprint density at radius 1 is 1.44 bits per heavy atom. The monoisotopic (exact) mass is 281 g/mol. The van der Waals surface area contributed by atoms with Gasteiger partial charge in [-0.05, 0) is 37.5 Å². The average molecular weight is 282 g/mol. The van der Waals surface area contributed by atoms with Crippen LogP contribution < -0.4 is 0 Å². The summed E-state index contributed by atoms with van der Waals surface area (Å²) in [5.41, 5.74) is 0.957. The molecule has 2 atom stereocenters. The van der Waals surface area contributed by atoms with Gasteiger partial charge in [-0.25, -0.2) is 4.98 Å². The zero-order valence-electron chi connectivity index (χ0n) is 9.60. The molecule has 5 heteroatoms. The first kappa shape index (κ1) is 11.9. The van der Waals surface area contributed by atoms with E-state index in [0.29, 0.717) is 17.4 Å². The summed E-state index contributed by atoms with van der Waals surface area (Å²) < 4.78 is 1.08. The van der Waals surface area contributed by atoms with Gasteiger partial charge in [-0.3, -0.25) is 4.79 Å². The lowest BCUT2D eigenvalue weighted by molar-refractivity contribution is -0.141. The number of carboxylic acids is 1. The molecule has 18 heavy (non-hydrogen) atoms. The van der Waals surface area contributed by atoms with E-state index in [1.54, 1.807) is 11.3 Å². The first-order valence-corrected chi connectivity index (χ1v) is 7.12. The smallest absolute Gasteiger partial charge is 0.306 e. The van der Waals surface area contributed by atoms with Crippen molar-refractivity contribution in [3.63, 3.8) is 0 Å². The minimum atomic E-state index is -0.679. The molecule has 0 radical (unpaired) electrons. The zero-order valence-corrected chi connectivity index (χ0v) is 11.2. The lowest BCUT2D eigenvalue weighted by atomic mass is 10.1. The summed E-state index contributed by atoms with van der Waals surface area (Å²) >= 11 is 7.59. The van der Waals surface area contributed by atoms with Gasteiger partial charge in [0.15, 0.2) is 0 Å². The van der Waals surface area contributed by atoms with Crippen molar-refractivity contribution in [3.05, 3.63) is 28.2 Å². The largest absolute Gasteiger partial charge is 0.481 e. The predicted molar refractivity (Wildman–Crippen MR) is 72.3 cm³/mol. The molecule has 1 aromatic carbocycles. The maximum Gasteiger partial charge on any atom is 0.306 e. The minimum absolute atomic E-state index is 0.203. The fraction of sp³-hybridized carbons (Fsp3) is 0.385. The fourth-order valence-electron chi connectivity index (χ4n) is 2.52. The van der Waals surface area contributed by atoms with Crippen molar-refractivity contribution in [2.45, 2.75) is 25.2 Å². The molecule has 2 aromatic rings. The molecule has 1 N–H and O–H groups in total. The number of halogens is 1. The van der Waals surface area contributed by atoms with Crippen LogP contribution in [-0.4, -0.2) is 16.1 Å². The molecule has 94 valence electrons. The van der Waals surface area contributed by atoms with Crippen LogP contribution in [0.25, 0.3) is 10.2 Å². The molecule has 3 nitrogen and oxygen atoms in total. The van der Waals surface area contributed by atoms with Crippen LogP contribution in [0.2, 0.25) is 5.02 Å². The number of thiazole rings is 1. The molecule has 2 unspecified atom stereocenters. The lowest BCUT2D eigenvalue weighted by Gasteiger charge is -2.04. The number of fused-ring (bicyclic) bond motifs is 1. The summed E-state index contributed by atoms with van der Waals surface area (Å²) in [5.74, 6) is -0.588. The molecule has 0 aliphatic heterocycles. The van der Waals surface area contributed by atoms with Crippen LogP contribution in [0.4, 0.5) is 0 Å². The summed E-state index contributed by atoms with van der Waals surface area (Å²) in [4.78, 5) is 15.6. The van der Waals surface area contributed by atoms with Crippen molar-refractivity contribution in [2.24, 2.45) is 5.92 Å². The van der Waals surface area contributed by atoms with Gasteiger partial charge in [0.25, 0.3) is 0 Å². The van der Waals surface area contributed by atoms with E-state index in [2.05, 4.69) is 4.98 Å². The Hall–Kier alpha value is -1.13. The van der Waals surface area contributed by atoms with E-state index in [4.69, 9.17) is 16.7 Å². The van der Waals surface area contributed by atoms with E-state index in [9.17, 15) is 4.79 Å². The van der Waals surface area contributed by atoms with Crippen LogP contribution >= 0.6 is 22.9 Å². The van der Waals surface area contributed by atoms with Crippen molar-refractivity contribution in [1.29, 1.82) is 0 Å². The Morgan fingerprint density at radius 3 is 3.00 bits per heavy atom. The van der Waals surface area contributed by atoms with Gasteiger partial charge >= 0.3 is 5.97 Å². The van der Waals surface area contributed by atoms with Crippen molar-refractivity contribution in [1.82, 2.24) is 4.98 Å². The molecular formula is C13H12ClNO2S. The highest BCUT2D eigenvalue weighted by Gasteiger charge is 2.32. The van der Waals surface area contributed by atoms with Crippen molar-refractivity contribution < 1.29 is 9.90 Å². The number of aromatic nitrogens is 1. The first-order valence-electron chi connectivity index (χ1n) is 5.92.